The third kappa shape index (κ3) is 3.33. The molecule has 0 saturated heterocycles. The van der Waals surface area contributed by atoms with Crippen LogP contribution in [0, 0.1) is 11.6 Å². The van der Waals surface area contributed by atoms with Crippen molar-refractivity contribution in [3.63, 3.8) is 0 Å². The van der Waals surface area contributed by atoms with E-state index in [-0.39, 0.29) is 11.7 Å². The van der Waals surface area contributed by atoms with Gasteiger partial charge in [0.05, 0.1) is 16.9 Å². The van der Waals surface area contributed by atoms with Gasteiger partial charge in [0.15, 0.2) is 0 Å². The molecule has 0 saturated carbocycles. The lowest BCUT2D eigenvalue weighted by atomic mass is 10.1. The molecular formula is C19H19F2N3O. The Kier molecular flexibility index (Phi) is 4.70. The summed E-state index contributed by atoms with van der Waals surface area (Å²) >= 11 is 0. The van der Waals surface area contributed by atoms with Crippen LogP contribution < -0.4 is 15.5 Å². The van der Waals surface area contributed by atoms with Crippen LogP contribution in [0.4, 0.5) is 25.8 Å². The van der Waals surface area contributed by atoms with Crippen LogP contribution in [0.15, 0.2) is 42.6 Å². The third-order valence-electron chi connectivity index (χ3n) is 4.20. The van der Waals surface area contributed by atoms with Gasteiger partial charge < -0.3 is 15.5 Å². The van der Waals surface area contributed by atoms with Crippen molar-refractivity contribution in [3.05, 3.63) is 59.8 Å². The van der Waals surface area contributed by atoms with Crippen LogP contribution in [0.2, 0.25) is 0 Å². The van der Waals surface area contributed by atoms with Crippen molar-refractivity contribution in [1.82, 2.24) is 0 Å². The average molecular weight is 343 g/mol. The van der Waals surface area contributed by atoms with Gasteiger partial charge in [0.2, 0.25) is 0 Å². The van der Waals surface area contributed by atoms with Gasteiger partial charge in [-0.2, -0.15) is 0 Å². The Morgan fingerprint density at radius 2 is 1.88 bits per heavy atom. The average Bonchev–Trinajstić information content (AvgIpc) is 2.90. The first-order valence-corrected chi connectivity index (χ1v) is 8.16. The van der Waals surface area contributed by atoms with Crippen molar-refractivity contribution in [3.8, 4) is 0 Å². The summed E-state index contributed by atoms with van der Waals surface area (Å²) in [5.74, 6) is -1.07. The summed E-state index contributed by atoms with van der Waals surface area (Å²) in [6, 6.07) is 8.97. The van der Waals surface area contributed by atoms with Gasteiger partial charge in [-0.25, -0.2) is 8.78 Å². The molecule has 2 aromatic carbocycles. The molecule has 4 nitrogen and oxygen atoms in total. The number of carbonyl (C=O) groups is 1. The summed E-state index contributed by atoms with van der Waals surface area (Å²) in [5, 5.41) is 5.55. The van der Waals surface area contributed by atoms with Crippen LogP contribution in [0.3, 0.4) is 0 Å². The molecule has 1 aliphatic heterocycles. The molecule has 0 spiro atoms. The quantitative estimate of drug-likeness (QED) is 0.799. The monoisotopic (exact) mass is 343 g/mol. The van der Waals surface area contributed by atoms with Crippen LogP contribution in [0.1, 0.15) is 19.4 Å². The third-order valence-corrected chi connectivity index (χ3v) is 4.20. The first-order chi connectivity index (χ1) is 12.0. The minimum Gasteiger partial charge on any atom is -0.370 e. The largest absolute Gasteiger partial charge is 0.370 e. The zero-order valence-electron chi connectivity index (χ0n) is 14.1. The highest BCUT2D eigenvalue weighted by molar-refractivity contribution is 6.31. The maximum atomic E-state index is 14.3. The van der Waals surface area contributed by atoms with Gasteiger partial charge in [0, 0.05) is 30.5 Å². The lowest BCUT2D eigenvalue weighted by Gasteiger charge is -2.21. The Balaban J connectivity index is 1.83. The molecule has 25 heavy (non-hydrogen) atoms. The lowest BCUT2D eigenvalue weighted by Crippen LogP contribution is -2.22. The first-order valence-electron chi connectivity index (χ1n) is 8.16. The number of halogens is 2. The summed E-state index contributed by atoms with van der Waals surface area (Å²) < 4.78 is 27.6. The smallest absolute Gasteiger partial charge is 0.257 e. The molecule has 0 unspecified atom stereocenters. The van der Waals surface area contributed by atoms with E-state index in [9.17, 15) is 13.6 Å². The highest BCUT2D eigenvalue weighted by atomic mass is 19.1. The van der Waals surface area contributed by atoms with Crippen molar-refractivity contribution in [1.29, 1.82) is 0 Å². The fraction of sp³-hybridized carbons (Fsp3) is 0.211. The summed E-state index contributed by atoms with van der Waals surface area (Å²) in [5.41, 5.74) is 2.50. The zero-order valence-corrected chi connectivity index (χ0v) is 14.1. The van der Waals surface area contributed by atoms with Gasteiger partial charge in [0.25, 0.3) is 5.91 Å². The van der Waals surface area contributed by atoms with Crippen molar-refractivity contribution >= 4 is 28.5 Å². The van der Waals surface area contributed by atoms with Crippen LogP contribution in [0.5, 0.6) is 0 Å². The number of nitrogens with one attached hydrogen (secondary N) is 2. The highest BCUT2D eigenvalue weighted by Crippen LogP contribution is 2.32. The molecule has 0 fully saturated rings. The fourth-order valence-electron chi connectivity index (χ4n) is 2.88. The number of hydrogen-bond acceptors (Lipinski definition) is 3. The van der Waals surface area contributed by atoms with E-state index in [1.807, 2.05) is 18.7 Å². The Bertz CT molecular complexity index is 845. The maximum Gasteiger partial charge on any atom is 0.257 e. The number of hydrogen-bond donors (Lipinski definition) is 2. The van der Waals surface area contributed by atoms with E-state index in [4.69, 9.17) is 0 Å². The van der Waals surface area contributed by atoms with Crippen LogP contribution in [0.25, 0.3) is 5.57 Å². The van der Waals surface area contributed by atoms with E-state index in [2.05, 4.69) is 10.6 Å². The van der Waals surface area contributed by atoms with Gasteiger partial charge in [-0.3, -0.25) is 4.79 Å². The van der Waals surface area contributed by atoms with Crippen LogP contribution in [-0.2, 0) is 4.79 Å². The SMILES string of the molecule is CCN(CC)c1ccc(NC=C2C(=O)Nc3cc(F)ccc32)cc1F. The van der Waals surface area contributed by atoms with Crippen LogP contribution >= 0.6 is 0 Å². The van der Waals surface area contributed by atoms with E-state index >= 15 is 0 Å². The molecule has 0 atom stereocenters. The van der Waals surface area contributed by atoms with Crippen molar-refractivity contribution in [2.45, 2.75) is 13.8 Å². The minimum absolute atomic E-state index is 0.326. The standard InChI is InChI=1S/C19H19F2N3O/c1-3-24(4-2)18-8-6-13(10-16(18)21)22-11-15-14-7-5-12(20)9-17(14)23-19(15)25/h5-11,22H,3-4H2,1-2H3,(H,23,25). The normalized spacial score (nSPS) is 14.4. The van der Waals surface area contributed by atoms with Gasteiger partial charge in [-0.1, -0.05) is 0 Å². The molecule has 2 aromatic rings. The number of fused-ring (bicyclic) bond motifs is 1. The Morgan fingerprint density at radius 3 is 2.56 bits per heavy atom. The molecular weight excluding hydrogens is 324 g/mol. The van der Waals surface area contributed by atoms with Gasteiger partial charge in [0.1, 0.15) is 11.6 Å². The Hall–Kier alpha value is -2.89. The number of rotatable bonds is 5. The molecule has 0 aromatic heterocycles. The topological polar surface area (TPSA) is 44.4 Å². The second-order valence-electron chi connectivity index (χ2n) is 5.68. The molecule has 1 amide bonds. The molecule has 6 heteroatoms. The van der Waals surface area contributed by atoms with Crippen molar-refractivity contribution in [2.75, 3.05) is 28.6 Å². The Morgan fingerprint density at radius 1 is 1.12 bits per heavy atom. The predicted octanol–water partition coefficient (Wildman–Crippen LogP) is 4.22. The van der Waals surface area contributed by atoms with E-state index in [1.165, 1.54) is 24.4 Å². The zero-order chi connectivity index (χ0) is 18.0. The second-order valence-corrected chi connectivity index (χ2v) is 5.68. The van der Waals surface area contributed by atoms with Gasteiger partial charge >= 0.3 is 0 Å². The van der Waals surface area contributed by atoms with Gasteiger partial charge in [-0.05, 0) is 50.2 Å². The van der Waals surface area contributed by atoms with E-state index in [0.717, 1.165) is 13.1 Å². The van der Waals surface area contributed by atoms with E-state index in [1.54, 1.807) is 18.2 Å². The molecule has 0 radical (unpaired) electrons. The van der Waals surface area contributed by atoms with E-state index < -0.39 is 5.82 Å². The van der Waals surface area contributed by atoms with Crippen molar-refractivity contribution < 1.29 is 13.6 Å². The minimum atomic E-state index is -0.415. The predicted molar refractivity (Wildman–Crippen MR) is 96.6 cm³/mol. The number of amides is 1. The number of benzene rings is 2. The summed E-state index contributed by atoms with van der Waals surface area (Å²) in [6.07, 6.45) is 1.50. The van der Waals surface area contributed by atoms with Gasteiger partial charge in [-0.15, -0.1) is 0 Å². The maximum absolute atomic E-state index is 14.3. The molecule has 2 N–H and O–H groups in total. The molecule has 0 bridgehead atoms. The summed E-state index contributed by atoms with van der Waals surface area (Å²) in [7, 11) is 0. The second kappa shape index (κ2) is 6.93. The first kappa shape index (κ1) is 17.0. The van der Waals surface area contributed by atoms with E-state index in [0.29, 0.717) is 28.2 Å². The lowest BCUT2D eigenvalue weighted by molar-refractivity contribution is -0.110. The Labute approximate surface area is 145 Å². The van der Waals surface area contributed by atoms with Crippen LogP contribution in [-0.4, -0.2) is 19.0 Å². The molecule has 0 aliphatic carbocycles. The number of nitrogens with zero attached hydrogens (tertiary/aromatic N) is 1. The molecule has 1 heterocycles. The number of carbonyl (C=O) groups excluding carboxylic acids is 1. The summed E-state index contributed by atoms with van der Waals surface area (Å²) in [4.78, 5) is 14.0. The fourth-order valence-corrected chi connectivity index (χ4v) is 2.88. The molecule has 1 aliphatic rings. The number of anilines is 3. The molecule has 130 valence electrons. The van der Waals surface area contributed by atoms with Crippen molar-refractivity contribution in [2.24, 2.45) is 0 Å². The highest BCUT2D eigenvalue weighted by Gasteiger charge is 2.24. The summed E-state index contributed by atoms with van der Waals surface area (Å²) in [6.45, 7) is 5.38. The molecule has 3 rings (SSSR count).